The van der Waals surface area contributed by atoms with E-state index in [0.29, 0.717) is 16.9 Å². The predicted octanol–water partition coefficient (Wildman–Crippen LogP) is 3.24. The number of nitrogens with zero attached hydrogens (tertiary/aromatic N) is 1. The first-order valence-corrected chi connectivity index (χ1v) is 9.54. The van der Waals surface area contributed by atoms with Crippen molar-refractivity contribution in [3.63, 3.8) is 0 Å². The quantitative estimate of drug-likeness (QED) is 0.373. The van der Waals surface area contributed by atoms with Gasteiger partial charge in [-0.3, -0.25) is 9.59 Å². The van der Waals surface area contributed by atoms with Crippen LogP contribution < -0.4 is 4.74 Å². The fourth-order valence-corrected chi connectivity index (χ4v) is 3.87. The standard InChI is InChI=1S/C23H22N2O5/c1-29-11-10-25-20(14-6-5-7-15(12-14)30-2)19(22(27)23(25)28)21(26)17-13-24-18-9-4-3-8-16(17)18/h3-9,12-13,20,24,26H,10-11H2,1-2H3/b21-19-. The number of fused-ring (bicyclic) bond motifs is 1. The number of methoxy groups -OCH3 is 2. The summed E-state index contributed by atoms with van der Waals surface area (Å²) in [6.45, 7) is 0.480. The second-order valence-electron chi connectivity index (χ2n) is 7.01. The van der Waals surface area contributed by atoms with Crippen molar-refractivity contribution in [1.29, 1.82) is 0 Å². The van der Waals surface area contributed by atoms with Crippen molar-refractivity contribution < 1.29 is 24.2 Å². The average Bonchev–Trinajstić information content (AvgIpc) is 3.31. The van der Waals surface area contributed by atoms with Crippen LogP contribution in [0.2, 0.25) is 0 Å². The van der Waals surface area contributed by atoms with Crippen molar-refractivity contribution in [2.75, 3.05) is 27.4 Å². The third-order valence-electron chi connectivity index (χ3n) is 5.33. The summed E-state index contributed by atoms with van der Waals surface area (Å²) in [6, 6.07) is 13.8. The smallest absolute Gasteiger partial charge is 0.295 e. The molecule has 2 aromatic carbocycles. The van der Waals surface area contributed by atoms with Gasteiger partial charge in [0.15, 0.2) is 0 Å². The van der Waals surface area contributed by atoms with E-state index < -0.39 is 17.7 Å². The van der Waals surface area contributed by atoms with Gasteiger partial charge in [-0.2, -0.15) is 0 Å². The zero-order valence-corrected chi connectivity index (χ0v) is 16.7. The van der Waals surface area contributed by atoms with E-state index in [9.17, 15) is 14.7 Å². The Morgan fingerprint density at radius 3 is 2.70 bits per heavy atom. The summed E-state index contributed by atoms with van der Waals surface area (Å²) in [7, 11) is 3.08. The van der Waals surface area contributed by atoms with E-state index in [-0.39, 0.29) is 24.5 Å². The maximum absolute atomic E-state index is 13.0. The normalized spacial score (nSPS) is 18.3. The van der Waals surface area contributed by atoms with Gasteiger partial charge in [0.2, 0.25) is 0 Å². The minimum absolute atomic E-state index is 0.0501. The van der Waals surface area contributed by atoms with Gasteiger partial charge in [-0.1, -0.05) is 30.3 Å². The molecule has 1 amide bonds. The number of para-hydroxylation sites is 1. The van der Waals surface area contributed by atoms with Crippen LogP contribution >= 0.6 is 0 Å². The summed E-state index contributed by atoms with van der Waals surface area (Å²) in [6.07, 6.45) is 1.64. The minimum atomic E-state index is -0.746. The summed E-state index contributed by atoms with van der Waals surface area (Å²) in [4.78, 5) is 30.4. The number of likely N-dealkylation sites (tertiary alicyclic amines) is 1. The highest BCUT2D eigenvalue weighted by atomic mass is 16.5. The van der Waals surface area contributed by atoms with Crippen molar-refractivity contribution in [2.24, 2.45) is 0 Å². The number of hydrogen-bond donors (Lipinski definition) is 2. The number of aliphatic hydroxyl groups excluding tert-OH is 1. The van der Waals surface area contributed by atoms with Crippen LogP contribution in [0.1, 0.15) is 17.2 Å². The van der Waals surface area contributed by atoms with Gasteiger partial charge in [-0.25, -0.2) is 0 Å². The zero-order chi connectivity index (χ0) is 21.3. The topological polar surface area (TPSA) is 91.9 Å². The Hall–Kier alpha value is -3.58. The number of aliphatic hydroxyl groups is 1. The summed E-state index contributed by atoms with van der Waals surface area (Å²) >= 11 is 0. The van der Waals surface area contributed by atoms with Gasteiger partial charge >= 0.3 is 0 Å². The van der Waals surface area contributed by atoms with Crippen LogP contribution in [0.5, 0.6) is 5.75 Å². The maximum atomic E-state index is 13.0. The number of ether oxygens (including phenoxy) is 2. The Labute approximate surface area is 173 Å². The van der Waals surface area contributed by atoms with Gasteiger partial charge in [-0.05, 0) is 23.8 Å². The Balaban J connectivity index is 1.91. The molecule has 1 unspecified atom stereocenters. The van der Waals surface area contributed by atoms with Crippen molar-refractivity contribution in [3.8, 4) is 5.75 Å². The first kappa shape index (κ1) is 19.7. The highest BCUT2D eigenvalue weighted by molar-refractivity contribution is 6.46. The molecule has 30 heavy (non-hydrogen) atoms. The molecule has 0 spiro atoms. The predicted molar refractivity (Wildman–Crippen MR) is 112 cm³/mol. The third kappa shape index (κ3) is 3.23. The molecule has 1 fully saturated rings. The number of H-pyrrole nitrogens is 1. The van der Waals surface area contributed by atoms with Gasteiger partial charge < -0.3 is 24.5 Å². The lowest BCUT2D eigenvalue weighted by molar-refractivity contribution is -0.140. The second kappa shape index (κ2) is 8.04. The molecule has 1 aliphatic heterocycles. The molecule has 4 rings (SSSR count). The van der Waals surface area contributed by atoms with Crippen LogP contribution in [0, 0.1) is 0 Å². The molecule has 0 saturated carbocycles. The van der Waals surface area contributed by atoms with E-state index >= 15 is 0 Å². The number of nitrogens with one attached hydrogen (secondary N) is 1. The SMILES string of the molecule is COCCN1C(=O)C(=O)/C(=C(\O)c2c[nH]c3ccccc23)C1c1cccc(OC)c1. The fraction of sp³-hybridized carbons (Fsp3) is 0.217. The molecule has 0 aliphatic carbocycles. The molecular formula is C23H22N2O5. The van der Waals surface area contributed by atoms with E-state index in [1.54, 1.807) is 37.6 Å². The van der Waals surface area contributed by atoms with E-state index in [2.05, 4.69) is 4.98 Å². The summed E-state index contributed by atoms with van der Waals surface area (Å²) < 4.78 is 10.4. The number of amides is 1. The van der Waals surface area contributed by atoms with Crippen LogP contribution in [0.15, 0.2) is 60.3 Å². The molecule has 154 valence electrons. The van der Waals surface area contributed by atoms with Gasteiger partial charge in [0.25, 0.3) is 11.7 Å². The number of Topliss-reactive ketones (excluding diaryl/α,β-unsaturated/α-hetero) is 1. The number of benzene rings is 2. The molecule has 2 heterocycles. The summed E-state index contributed by atoms with van der Waals surface area (Å²) in [5.74, 6) is -1.00. The number of rotatable bonds is 6. The molecule has 0 radical (unpaired) electrons. The number of aromatic amines is 1. The lowest BCUT2D eigenvalue weighted by Gasteiger charge is -2.25. The van der Waals surface area contributed by atoms with E-state index in [1.165, 1.54) is 12.0 Å². The van der Waals surface area contributed by atoms with Gasteiger partial charge in [0, 0.05) is 36.3 Å². The van der Waals surface area contributed by atoms with E-state index in [4.69, 9.17) is 9.47 Å². The number of hydrogen-bond acceptors (Lipinski definition) is 5. The molecule has 0 bridgehead atoms. The highest BCUT2D eigenvalue weighted by Crippen LogP contribution is 2.41. The molecule has 7 nitrogen and oxygen atoms in total. The molecule has 1 aliphatic rings. The van der Waals surface area contributed by atoms with Crippen molar-refractivity contribution in [2.45, 2.75) is 6.04 Å². The first-order valence-electron chi connectivity index (χ1n) is 9.54. The Morgan fingerprint density at radius 1 is 1.13 bits per heavy atom. The molecule has 1 aromatic heterocycles. The van der Waals surface area contributed by atoms with Crippen LogP contribution in [-0.2, 0) is 14.3 Å². The second-order valence-corrected chi connectivity index (χ2v) is 7.01. The first-order chi connectivity index (χ1) is 14.6. The van der Waals surface area contributed by atoms with Crippen molar-refractivity contribution in [3.05, 3.63) is 71.4 Å². The third-order valence-corrected chi connectivity index (χ3v) is 5.33. The molecular weight excluding hydrogens is 384 g/mol. The maximum Gasteiger partial charge on any atom is 0.295 e. The minimum Gasteiger partial charge on any atom is -0.507 e. The Kier molecular flexibility index (Phi) is 5.29. The van der Waals surface area contributed by atoms with Crippen LogP contribution in [0.3, 0.4) is 0 Å². The van der Waals surface area contributed by atoms with E-state index in [0.717, 1.165) is 10.9 Å². The molecule has 1 atom stereocenters. The van der Waals surface area contributed by atoms with Gasteiger partial charge in [-0.15, -0.1) is 0 Å². The number of ketones is 1. The highest BCUT2D eigenvalue weighted by Gasteiger charge is 2.46. The van der Waals surface area contributed by atoms with Crippen LogP contribution in [0.4, 0.5) is 0 Å². The van der Waals surface area contributed by atoms with Crippen molar-refractivity contribution >= 4 is 28.4 Å². The molecule has 3 aromatic rings. The van der Waals surface area contributed by atoms with Crippen LogP contribution in [0.25, 0.3) is 16.7 Å². The average molecular weight is 406 g/mol. The number of carbonyl (C=O) groups is 2. The van der Waals surface area contributed by atoms with Gasteiger partial charge in [0.1, 0.15) is 11.5 Å². The molecule has 1 saturated heterocycles. The lowest BCUT2D eigenvalue weighted by atomic mass is 9.95. The van der Waals surface area contributed by atoms with E-state index in [1.807, 2.05) is 24.3 Å². The molecule has 7 heteroatoms. The number of carbonyl (C=O) groups excluding carboxylic acids is 2. The molecule has 2 N–H and O–H groups in total. The Morgan fingerprint density at radius 2 is 1.93 bits per heavy atom. The zero-order valence-electron chi connectivity index (χ0n) is 16.7. The Bertz CT molecular complexity index is 1150. The number of aromatic nitrogens is 1. The monoisotopic (exact) mass is 406 g/mol. The van der Waals surface area contributed by atoms with Crippen LogP contribution in [-0.4, -0.2) is 54.1 Å². The fourth-order valence-electron chi connectivity index (χ4n) is 3.87. The summed E-state index contributed by atoms with van der Waals surface area (Å²) in [5.41, 5.74) is 2.02. The summed E-state index contributed by atoms with van der Waals surface area (Å²) in [5, 5.41) is 12.0. The van der Waals surface area contributed by atoms with Crippen molar-refractivity contribution in [1.82, 2.24) is 9.88 Å². The van der Waals surface area contributed by atoms with Gasteiger partial charge in [0.05, 0.1) is 25.3 Å². The lowest BCUT2D eigenvalue weighted by Crippen LogP contribution is -2.32. The largest absolute Gasteiger partial charge is 0.507 e.